The lowest BCUT2D eigenvalue weighted by atomic mass is 9.99. The molecule has 0 rings (SSSR count). The molecule has 5 heteroatoms. The fraction of sp³-hybridized carbons (Fsp3) is 0.846. The Balaban J connectivity index is 4.37. The molecule has 2 amide bonds. The van der Waals surface area contributed by atoms with Crippen molar-refractivity contribution in [1.82, 2.24) is 10.6 Å². The molecule has 0 saturated carbocycles. The number of amides is 2. The highest BCUT2D eigenvalue weighted by Gasteiger charge is 2.25. The maximum absolute atomic E-state index is 11.7. The number of carboxylic acids is 1. The first-order valence-corrected chi connectivity index (χ1v) is 6.75. The molecule has 0 aliphatic rings. The average molecular weight is 258 g/mol. The van der Waals surface area contributed by atoms with Crippen LogP contribution < -0.4 is 10.6 Å². The van der Waals surface area contributed by atoms with Gasteiger partial charge in [-0.15, -0.1) is 0 Å². The highest BCUT2D eigenvalue weighted by molar-refractivity contribution is 5.82. The molecule has 3 atom stereocenters. The third-order valence-electron chi connectivity index (χ3n) is 3.23. The minimum Gasteiger partial charge on any atom is -0.480 e. The second kappa shape index (κ2) is 8.78. The summed E-state index contributed by atoms with van der Waals surface area (Å²) in [6, 6.07) is -1.10. The van der Waals surface area contributed by atoms with Crippen LogP contribution in [-0.2, 0) is 4.79 Å². The Hall–Kier alpha value is -1.26. The summed E-state index contributed by atoms with van der Waals surface area (Å²) in [6.45, 7) is 7.79. The van der Waals surface area contributed by atoms with Crippen molar-refractivity contribution in [2.45, 2.75) is 65.5 Å². The van der Waals surface area contributed by atoms with Gasteiger partial charge in [0.2, 0.25) is 0 Å². The van der Waals surface area contributed by atoms with Crippen LogP contribution in [0.1, 0.15) is 53.4 Å². The van der Waals surface area contributed by atoms with Crippen molar-refractivity contribution >= 4 is 12.0 Å². The van der Waals surface area contributed by atoms with Crippen molar-refractivity contribution in [2.75, 3.05) is 0 Å². The number of carbonyl (C=O) groups is 2. The van der Waals surface area contributed by atoms with Crippen LogP contribution in [0.15, 0.2) is 0 Å². The maximum Gasteiger partial charge on any atom is 0.326 e. The van der Waals surface area contributed by atoms with Gasteiger partial charge in [-0.25, -0.2) is 9.59 Å². The van der Waals surface area contributed by atoms with Gasteiger partial charge in [0.25, 0.3) is 0 Å². The van der Waals surface area contributed by atoms with E-state index in [0.29, 0.717) is 6.42 Å². The predicted molar refractivity (Wildman–Crippen MR) is 71.5 cm³/mol. The predicted octanol–water partition coefficient (Wildman–Crippen LogP) is 2.36. The Labute approximate surface area is 109 Å². The van der Waals surface area contributed by atoms with E-state index in [4.69, 9.17) is 5.11 Å². The van der Waals surface area contributed by atoms with Gasteiger partial charge in [-0.2, -0.15) is 0 Å². The van der Waals surface area contributed by atoms with Crippen molar-refractivity contribution in [3.63, 3.8) is 0 Å². The van der Waals surface area contributed by atoms with Crippen molar-refractivity contribution in [3.8, 4) is 0 Å². The maximum atomic E-state index is 11.7. The van der Waals surface area contributed by atoms with E-state index in [-0.39, 0.29) is 18.0 Å². The topological polar surface area (TPSA) is 78.4 Å². The van der Waals surface area contributed by atoms with E-state index in [1.807, 2.05) is 20.8 Å². The van der Waals surface area contributed by atoms with Gasteiger partial charge in [0.1, 0.15) is 6.04 Å². The quantitative estimate of drug-likeness (QED) is 0.625. The zero-order valence-corrected chi connectivity index (χ0v) is 11.8. The molecule has 2 unspecified atom stereocenters. The second-order valence-corrected chi connectivity index (χ2v) is 4.71. The number of nitrogens with one attached hydrogen (secondary N) is 2. The standard InChI is InChI=1S/C13H26N2O3/c1-5-8-10(7-3)14-13(18)15-11(12(16)17)9(4)6-2/h9-11H,5-8H2,1-4H3,(H,16,17)(H2,14,15,18)/t9?,10?,11-/m0/s1. The Morgan fingerprint density at radius 1 is 1.11 bits per heavy atom. The Kier molecular flexibility index (Phi) is 8.16. The first-order valence-electron chi connectivity index (χ1n) is 6.75. The molecular weight excluding hydrogens is 232 g/mol. The summed E-state index contributed by atoms with van der Waals surface area (Å²) in [6.07, 6.45) is 3.46. The number of rotatable bonds is 8. The molecular formula is C13H26N2O3. The van der Waals surface area contributed by atoms with Crippen molar-refractivity contribution < 1.29 is 14.7 Å². The first kappa shape index (κ1) is 16.7. The summed E-state index contributed by atoms with van der Waals surface area (Å²) in [5.74, 6) is -1.07. The van der Waals surface area contributed by atoms with Crippen molar-refractivity contribution in [1.29, 1.82) is 0 Å². The summed E-state index contributed by atoms with van der Waals surface area (Å²) >= 11 is 0. The lowest BCUT2D eigenvalue weighted by Gasteiger charge is -2.22. The lowest BCUT2D eigenvalue weighted by Crippen LogP contribution is -2.51. The molecule has 0 saturated heterocycles. The van der Waals surface area contributed by atoms with E-state index in [1.165, 1.54) is 0 Å². The molecule has 0 aromatic rings. The third-order valence-corrected chi connectivity index (χ3v) is 3.23. The number of aliphatic carboxylic acids is 1. The number of carbonyl (C=O) groups excluding carboxylic acids is 1. The molecule has 106 valence electrons. The fourth-order valence-electron chi connectivity index (χ4n) is 1.78. The monoisotopic (exact) mass is 258 g/mol. The second-order valence-electron chi connectivity index (χ2n) is 4.71. The number of carboxylic acid groups (broad SMARTS) is 1. The smallest absolute Gasteiger partial charge is 0.326 e. The third kappa shape index (κ3) is 5.89. The van der Waals surface area contributed by atoms with E-state index in [1.54, 1.807) is 0 Å². The van der Waals surface area contributed by atoms with Gasteiger partial charge in [-0.1, -0.05) is 40.5 Å². The largest absolute Gasteiger partial charge is 0.480 e. The Morgan fingerprint density at radius 2 is 1.72 bits per heavy atom. The molecule has 3 N–H and O–H groups in total. The molecule has 0 fully saturated rings. The lowest BCUT2D eigenvalue weighted by molar-refractivity contribution is -0.140. The van der Waals surface area contributed by atoms with Gasteiger partial charge in [-0.05, 0) is 18.8 Å². The summed E-state index contributed by atoms with van der Waals surface area (Å²) in [5.41, 5.74) is 0. The van der Waals surface area contributed by atoms with Crippen molar-refractivity contribution in [3.05, 3.63) is 0 Å². The van der Waals surface area contributed by atoms with E-state index in [9.17, 15) is 9.59 Å². The molecule has 0 aromatic carbocycles. The summed E-state index contributed by atoms with van der Waals surface area (Å²) in [5, 5.41) is 14.4. The van der Waals surface area contributed by atoms with Crippen LogP contribution >= 0.6 is 0 Å². The SMILES string of the molecule is CCCC(CC)NC(=O)N[C@H](C(=O)O)C(C)CC. The van der Waals surface area contributed by atoms with E-state index >= 15 is 0 Å². The van der Waals surface area contributed by atoms with Gasteiger partial charge >= 0.3 is 12.0 Å². The fourth-order valence-corrected chi connectivity index (χ4v) is 1.78. The van der Waals surface area contributed by atoms with E-state index in [2.05, 4.69) is 17.6 Å². The van der Waals surface area contributed by atoms with Gasteiger partial charge < -0.3 is 15.7 Å². The molecule has 0 aliphatic heterocycles. The molecule has 0 aliphatic carbocycles. The molecule has 5 nitrogen and oxygen atoms in total. The van der Waals surface area contributed by atoms with Crippen LogP contribution in [-0.4, -0.2) is 29.2 Å². The average Bonchev–Trinajstić information content (AvgIpc) is 2.34. The molecule has 18 heavy (non-hydrogen) atoms. The van der Waals surface area contributed by atoms with E-state index in [0.717, 1.165) is 19.3 Å². The van der Waals surface area contributed by atoms with Crippen molar-refractivity contribution in [2.24, 2.45) is 5.92 Å². The summed E-state index contributed by atoms with van der Waals surface area (Å²) in [4.78, 5) is 22.8. The van der Waals surface area contributed by atoms with Gasteiger partial charge in [-0.3, -0.25) is 0 Å². The first-order chi connectivity index (χ1) is 8.46. The number of urea groups is 1. The molecule has 0 spiro atoms. The number of hydrogen-bond donors (Lipinski definition) is 3. The van der Waals surface area contributed by atoms with Crippen LogP contribution in [0.4, 0.5) is 4.79 Å². The summed E-state index contributed by atoms with van der Waals surface area (Å²) < 4.78 is 0. The van der Waals surface area contributed by atoms with Crippen LogP contribution in [0, 0.1) is 5.92 Å². The zero-order valence-electron chi connectivity index (χ0n) is 11.8. The number of hydrogen-bond acceptors (Lipinski definition) is 2. The van der Waals surface area contributed by atoms with Crippen LogP contribution in [0.3, 0.4) is 0 Å². The Morgan fingerprint density at radius 3 is 2.11 bits per heavy atom. The normalized spacial score (nSPS) is 15.6. The van der Waals surface area contributed by atoms with Gasteiger partial charge in [0, 0.05) is 6.04 Å². The van der Waals surface area contributed by atoms with Gasteiger partial charge in [0.15, 0.2) is 0 Å². The Bertz CT molecular complexity index is 269. The minimum atomic E-state index is -0.983. The highest BCUT2D eigenvalue weighted by Crippen LogP contribution is 2.08. The van der Waals surface area contributed by atoms with Crippen LogP contribution in [0.5, 0.6) is 0 Å². The zero-order chi connectivity index (χ0) is 14.1. The minimum absolute atomic E-state index is 0.0838. The molecule has 0 radical (unpaired) electrons. The molecule has 0 bridgehead atoms. The molecule has 0 aromatic heterocycles. The summed E-state index contributed by atoms with van der Waals surface area (Å²) in [7, 11) is 0. The highest BCUT2D eigenvalue weighted by atomic mass is 16.4. The van der Waals surface area contributed by atoms with Crippen LogP contribution in [0.25, 0.3) is 0 Å². The van der Waals surface area contributed by atoms with E-state index < -0.39 is 12.0 Å². The van der Waals surface area contributed by atoms with Gasteiger partial charge in [0.05, 0.1) is 0 Å². The van der Waals surface area contributed by atoms with Crippen LogP contribution in [0.2, 0.25) is 0 Å². The molecule has 0 heterocycles.